The first-order chi connectivity index (χ1) is 9.36. The van der Waals surface area contributed by atoms with Crippen LogP contribution >= 0.6 is 0 Å². The van der Waals surface area contributed by atoms with Crippen LogP contribution in [0.3, 0.4) is 0 Å². The number of rotatable bonds is 3. The third-order valence-electron chi connectivity index (χ3n) is 3.25. The molecule has 1 N–H and O–H groups in total. The van der Waals surface area contributed by atoms with E-state index >= 15 is 0 Å². The van der Waals surface area contributed by atoms with E-state index in [4.69, 9.17) is 0 Å². The van der Waals surface area contributed by atoms with Gasteiger partial charge in [0.2, 0.25) is 11.8 Å². The molecule has 4 nitrogen and oxygen atoms in total. The van der Waals surface area contributed by atoms with Crippen molar-refractivity contribution in [2.75, 3.05) is 11.4 Å². The summed E-state index contributed by atoms with van der Waals surface area (Å²) in [6.45, 7) is 5.68. The molecule has 0 spiro atoms. The molecule has 2 rings (SSSR count). The van der Waals surface area contributed by atoms with Crippen LogP contribution in [0.5, 0.6) is 0 Å². The van der Waals surface area contributed by atoms with Gasteiger partial charge < -0.3 is 10.2 Å². The van der Waals surface area contributed by atoms with Gasteiger partial charge in [-0.15, -0.1) is 0 Å². The van der Waals surface area contributed by atoms with E-state index in [9.17, 15) is 14.0 Å². The largest absolute Gasteiger partial charge is 0.343 e. The van der Waals surface area contributed by atoms with Crippen molar-refractivity contribution in [3.8, 4) is 0 Å². The number of anilines is 1. The van der Waals surface area contributed by atoms with Crippen LogP contribution in [0.2, 0.25) is 0 Å². The summed E-state index contributed by atoms with van der Waals surface area (Å²) in [4.78, 5) is 25.5. The zero-order valence-electron chi connectivity index (χ0n) is 11.9. The van der Waals surface area contributed by atoms with Crippen molar-refractivity contribution in [3.63, 3.8) is 0 Å². The molecule has 1 atom stereocenters. The lowest BCUT2D eigenvalue weighted by Gasteiger charge is -2.33. The van der Waals surface area contributed by atoms with Gasteiger partial charge in [-0.1, -0.05) is 13.8 Å². The normalized spacial score (nSPS) is 19.4. The summed E-state index contributed by atoms with van der Waals surface area (Å²) in [7, 11) is 0. The number of hydrogen-bond acceptors (Lipinski definition) is 2. The number of nitrogens with zero attached hydrogens (tertiary/aromatic N) is 1. The lowest BCUT2D eigenvalue weighted by molar-refractivity contribution is -0.131. The van der Waals surface area contributed by atoms with Gasteiger partial charge in [0.05, 0.1) is 0 Å². The molecule has 1 aromatic rings. The molecule has 1 heterocycles. The van der Waals surface area contributed by atoms with E-state index in [0.29, 0.717) is 18.0 Å². The van der Waals surface area contributed by atoms with Crippen molar-refractivity contribution in [3.05, 3.63) is 29.6 Å². The first kappa shape index (κ1) is 14.5. The van der Waals surface area contributed by atoms with Crippen molar-refractivity contribution in [2.45, 2.75) is 33.2 Å². The number of hydrogen-bond donors (Lipinski definition) is 1. The standard InChI is InChI=1S/C15H19FN2O2/c1-9(2)4-13-15(20)18(8-14(19)17-13)12-6-10(3)5-11(16)7-12/h5-7,9,13H,4,8H2,1-3H3,(H,17,19). The van der Waals surface area contributed by atoms with Gasteiger partial charge in [0.15, 0.2) is 0 Å². The topological polar surface area (TPSA) is 49.4 Å². The maximum Gasteiger partial charge on any atom is 0.250 e. The summed E-state index contributed by atoms with van der Waals surface area (Å²) >= 11 is 0. The van der Waals surface area contributed by atoms with Crippen LogP contribution in [0.25, 0.3) is 0 Å². The van der Waals surface area contributed by atoms with Crippen molar-refractivity contribution in [2.24, 2.45) is 5.92 Å². The Morgan fingerprint density at radius 3 is 2.65 bits per heavy atom. The number of aryl methyl sites for hydroxylation is 1. The van der Waals surface area contributed by atoms with Gasteiger partial charge in [-0.25, -0.2) is 4.39 Å². The second-order valence-corrected chi connectivity index (χ2v) is 5.66. The first-order valence-corrected chi connectivity index (χ1v) is 6.74. The zero-order valence-corrected chi connectivity index (χ0v) is 11.9. The summed E-state index contributed by atoms with van der Waals surface area (Å²) in [6.07, 6.45) is 0.579. The quantitative estimate of drug-likeness (QED) is 0.919. The van der Waals surface area contributed by atoms with E-state index in [1.54, 1.807) is 13.0 Å². The maximum atomic E-state index is 13.5. The monoisotopic (exact) mass is 278 g/mol. The lowest BCUT2D eigenvalue weighted by atomic mass is 10.0. The van der Waals surface area contributed by atoms with E-state index < -0.39 is 11.9 Å². The Labute approximate surface area is 118 Å². The molecule has 0 radical (unpaired) electrons. The van der Waals surface area contributed by atoms with Crippen LogP contribution in [-0.2, 0) is 9.59 Å². The number of halogens is 1. The lowest BCUT2D eigenvalue weighted by Crippen LogP contribution is -2.58. The van der Waals surface area contributed by atoms with Gasteiger partial charge in [-0.05, 0) is 43.0 Å². The Hall–Kier alpha value is -1.91. The summed E-state index contributed by atoms with van der Waals surface area (Å²) in [6, 6.07) is 3.87. The number of nitrogens with one attached hydrogen (secondary N) is 1. The first-order valence-electron chi connectivity index (χ1n) is 6.74. The smallest absolute Gasteiger partial charge is 0.250 e. The van der Waals surface area contributed by atoms with E-state index in [-0.39, 0.29) is 18.4 Å². The Bertz CT molecular complexity index is 522. The molecule has 0 aliphatic carbocycles. The van der Waals surface area contributed by atoms with Crippen LogP contribution in [-0.4, -0.2) is 24.4 Å². The molecule has 1 unspecified atom stereocenters. The number of carbonyl (C=O) groups is 2. The summed E-state index contributed by atoms with van der Waals surface area (Å²) < 4.78 is 13.5. The van der Waals surface area contributed by atoms with Gasteiger partial charge in [0.1, 0.15) is 18.4 Å². The fourth-order valence-corrected chi connectivity index (χ4v) is 2.43. The van der Waals surface area contributed by atoms with Crippen LogP contribution in [0, 0.1) is 18.7 Å². The van der Waals surface area contributed by atoms with E-state index in [2.05, 4.69) is 5.32 Å². The van der Waals surface area contributed by atoms with Gasteiger partial charge in [-0.3, -0.25) is 9.59 Å². The predicted octanol–water partition coefficient (Wildman–Crippen LogP) is 2.01. The average Bonchev–Trinajstić information content (AvgIpc) is 2.31. The molecule has 0 aromatic heterocycles. The molecule has 1 aliphatic heterocycles. The third kappa shape index (κ3) is 3.15. The number of amides is 2. The van der Waals surface area contributed by atoms with E-state index in [1.807, 2.05) is 13.8 Å². The van der Waals surface area contributed by atoms with Crippen molar-refractivity contribution in [1.82, 2.24) is 5.32 Å². The third-order valence-corrected chi connectivity index (χ3v) is 3.25. The van der Waals surface area contributed by atoms with Gasteiger partial charge in [0.25, 0.3) is 0 Å². The highest BCUT2D eigenvalue weighted by atomic mass is 19.1. The molecule has 1 aliphatic rings. The molecule has 1 aromatic carbocycles. The molecule has 1 saturated heterocycles. The highest BCUT2D eigenvalue weighted by Gasteiger charge is 2.33. The second-order valence-electron chi connectivity index (χ2n) is 5.66. The molecule has 0 saturated carbocycles. The van der Waals surface area contributed by atoms with Gasteiger partial charge in [-0.2, -0.15) is 0 Å². The minimum absolute atomic E-state index is 0.0592. The summed E-state index contributed by atoms with van der Waals surface area (Å²) in [5.74, 6) is -0.502. The van der Waals surface area contributed by atoms with Crippen molar-refractivity contribution >= 4 is 17.5 Å². The SMILES string of the molecule is Cc1cc(F)cc(N2CC(=O)NC(CC(C)C)C2=O)c1. The fraction of sp³-hybridized carbons (Fsp3) is 0.467. The number of carbonyl (C=O) groups excluding carboxylic acids is 2. The van der Waals surface area contributed by atoms with E-state index in [1.165, 1.54) is 17.0 Å². The fourth-order valence-electron chi connectivity index (χ4n) is 2.43. The molecule has 5 heteroatoms. The molecular weight excluding hydrogens is 259 g/mol. The zero-order chi connectivity index (χ0) is 14.9. The average molecular weight is 278 g/mol. The van der Waals surface area contributed by atoms with Crippen LogP contribution in [0.4, 0.5) is 10.1 Å². The molecule has 0 bridgehead atoms. The highest BCUT2D eigenvalue weighted by Crippen LogP contribution is 2.22. The van der Waals surface area contributed by atoms with Crippen molar-refractivity contribution in [1.29, 1.82) is 0 Å². The number of piperazine rings is 1. The molecule has 108 valence electrons. The molecule has 2 amide bonds. The summed E-state index contributed by atoms with van der Waals surface area (Å²) in [5, 5.41) is 2.70. The van der Waals surface area contributed by atoms with Gasteiger partial charge in [0, 0.05) is 5.69 Å². The van der Waals surface area contributed by atoms with Crippen LogP contribution in [0.1, 0.15) is 25.8 Å². The minimum atomic E-state index is -0.528. The van der Waals surface area contributed by atoms with Crippen LogP contribution in [0.15, 0.2) is 18.2 Å². The van der Waals surface area contributed by atoms with Gasteiger partial charge >= 0.3 is 0 Å². The Morgan fingerprint density at radius 1 is 1.35 bits per heavy atom. The number of benzene rings is 1. The molecular formula is C15H19FN2O2. The van der Waals surface area contributed by atoms with E-state index in [0.717, 1.165) is 5.56 Å². The van der Waals surface area contributed by atoms with Crippen LogP contribution < -0.4 is 10.2 Å². The Balaban J connectivity index is 2.29. The Kier molecular flexibility index (Phi) is 4.06. The highest BCUT2D eigenvalue weighted by molar-refractivity contribution is 6.06. The minimum Gasteiger partial charge on any atom is -0.343 e. The molecule has 20 heavy (non-hydrogen) atoms. The van der Waals surface area contributed by atoms with Crippen molar-refractivity contribution < 1.29 is 14.0 Å². The summed E-state index contributed by atoms with van der Waals surface area (Å²) in [5.41, 5.74) is 1.16. The Morgan fingerprint density at radius 2 is 2.05 bits per heavy atom. The predicted molar refractivity (Wildman–Crippen MR) is 74.9 cm³/mol. The second kappa shape index (κ2) is 5.61. The maximum absolute atomic E-state index is 13.5. The molecule has 1 fully saturated rings.